The molecule has 0 saturated carbocycles. The Morgan fingerprint density at radius 3 is 2.72 bits per heavy atom. The van der Waals surface area contributed by atoms with E-state index in [1.165, 1.54) is 4.88 Å². The summed E-state index contributed by atoms with van der Waals surface area (Å²) in [7, 11) is 0. The lowest BCUT2D eigenvalue weighted by atomic mass is 10.0. The van der Waals surface area contributed by atoms with Crippen LogP contribution in [0.3, 0.4) is 0 Å². The van der Waals surface area contributed by atoms with Crippen LogP contribution in [0.15, 0.2) is 34.1 Å². The lowest BCUT2D eigenvalue weighted by Crippen LogP contribution is -2.29. The van der Waals surface area contributed by atoms with E-state index in [1.54, 1.807) is 11.3 Å². The Balaban J connectivity index is 2.22. The van der Waals surface area contributed by atoms with Crippen molar-refractivity contribution in [3.05, 3.63) is 55.1 Å². The van der Waals surface area contributed by atoms with Gasteiger partial charge in [0.15, 0.2) is 0 Å². The van der Waals surface area contributed by atoms with Gasteiger partial charge in [0.25, 0.3) is 0 Å². The van der Waals surface area contributed by atoms with Crippen molar-refractivity contribution in [1.29, 1.82) is 0 Å². The third-order valence-corrected chi connectivity index (χ3v) is 4.74. The molecule has 1 aromatic carbocycles. The second kappa shape index (κ2) is 6.17. The van der Waals surface area contributed by atoms with Gasteiger partial charge in [-0.05, 0) is 52.2 Å². The Morgan fingerprint density at radius 2 is 2.17 bits per heavy atom. The standard InChI is InChI=1S/C13H14BrClN2S/c1-8-2-4-10(11(15)6-8)12(17-16)7-9-3-5-13(14)18-9/h2-6,12,17H,7,16H2,1H3. The number of hydrogen-bond donors (Lipinski definition) is 2. The van der Waals surface area contributed by atoms with Gasteiger partial charge in [0.05, 0.1) is 9.83 Å². The highest BCUT2D eigenvalue weighted by molar-refractivity contribution is 9.11. The van der Waals surface area contributed by atoms with Gasteiger partial charge in [0.2, 0.25) is 0 Å². The van der Waals surface area contributed by atoms with E-state index in [2.05, 4.69) is 33.5 Å². The summed E-state index contributed by atoms with van der Waals surface area (Å²) < 4.78 is 1.13. The van der Waals surface area contributed by atoms with E-state index in [9.17, 15) is 0 Å². The molecule has 1 aromatic heterocycles. The number of halogens is 2. The molecule has 18 heavy (non-hydrogen) atoms. The van der Waals surface area contributed by atoms with Gasteiger partial charge in [0.1, 0.15) is 0 Å². The zero-order valence-electron chi connectivity index (χ0n) is 9.91. The molecule has 0 fully saturated rings. The summed E-state index contributed by atoms with van der Waals surface area (Å²) in [6.07, 6.45) is 0.829. The van der Waals surface area contributed by atoms with Gasteiger partial charge in [-0.25, -0.2) is 0 Å². The van der Waals surface area contributed by atoms with E-state index >= 15 is 0 Å². The van der Waals surface area contributed by atoms with Crippen molar-refractivity contribution < 1.29 is 0 Å². The molecule has 0 saturated heterocycles. The van der Waals surface area contributed by atoms with Crippen LogP contribution in [0.5, 0.6) is 0 Å². The van der Waals surface area contributed by atoms with Crippen molar-refractivity contribution in [3.8, 4) is 0 Å². The topological polar surface area (TPSA) is 38.0 Å². The van der Waals surface area contributed by atoms with Crippen molar-refractivity contribution >= 4 is 38.9 Å². The SMILES string of the molecule is Cc1ccc(C(Cc2ccc(Br)s2)NN)c(Cl)c1. The fraction of sp³-hybridized carbons (Fsp3) is 0.231. The molecule has 0 aliphatic heterocycles. The fourth-order valence-electron chi connectivity index (χ4n) is 1.84. The molecule has 5 heteroatoms. The summed E-state index contributed by atoms with van der Waals surface area (Å²) in [6.45, 7) is 2.02. The van der Waals surface area contributed by atoms with E-state index in [-0.39, 0.29) is 6.04 Å². The Kier molecular flexibility index (Phi) is 4.81. The molecule has 2 aromatic rings. The summed E-state index contributed by atoms with van der Waals surface area (Å²) in [6, 6.07) is 10.2. The highest BCUT2D eigenvalue weighted by Gasteiger charge is 2.15. The van der Waals surface area contributed by atoms with Gasteiger partial charge in [-0.2, -0.15) is 0 Å². The predicted molar refractivity (Wildman–Crippen MR) is 82.0 cm³/mol. The Labute approximate surface area is 124 Å². The number of benzene rings is 1. The molecule has 1 atom stereocenters. The first-order valence-corrected chi connectivity index (χ1v) is 7.55. The van der Waals surface area contributed by atoms with Crippen molar-refractivity contribution in [3.63, 3.8) is 0 Å². The Bertz CT molecular complexity index is 542. The first kappa shape index (κ1) is 14.0. The van der Waals surface area contributed by atoms with E-state index in [0.717, 1.165) is 26.4 Å². The van der Waals surface area contributed by atoms with Crippen LogP contribution < -0.4 is 11.3 Å². The van der Waals surface area contributed by atoms with Crippen LogP contribution in [-0.2, 0) is 6.42 Å². The molecule has 0 aliphatic carbocycles. The van der Waals surface area contributed by atoms with Crippen molar-refractivity contribution in [2.45, 2.75) is 19.4 Å². The van der Waals surface area contributed by atoms with Crippen molar-refractivity contribution in [2.75, 3.05) is 0 Å². The van der Waals surface area contributed by atoms with Gasteiger partial charge in [-0.15, -0.1) is 11.3 Å². The quantitative estimate of drug-likeness (QED) is 0.643. The first-order valence-electron chi connectivity index (χ1n) is 5.56. The van der Waals surface area contributed by atoms with Gasteiger partial charge in [0, 0.05) is 16.3 Å². The van der Waals surface area contributed by atoms with Crippen molar-refractivity contribution in [1.82, 2.24) is 5.43 Å². The molecule has 1 heterocycles. The minimum atomic E-state index is 0.0312. The summed E-state index contributed by atoms with van der Waals surface area (Å²) in [5, 5.41) is 0.758. The lowest BCUT2D eigenvalue weighted by molar-refractivity contribution is 0.556. The van der Waals surface area contributed by atoms with Gasteiger partial charge in [-0.1, -0.05) is 23.7 Å². The van der Waals surface area contributed by atoms with Crippen LogP contribution in [-0.4, -0.2) is 0 Å². The van der Waals surface area contributed by atoms with E-state index < -0.39 is 0 Å². The average Bonchev–Trinajstić information content (AvgIpc) is 2.72. The van der Waals surface area contributed by atoms with Crippen LogP contribution in [0, 0.1) is 6.92 Å². The molecule has 0 bridgehead atoms. The maximum atomic E-state index is 6.27. The molecular formula is C13H14BrClN2S. The van der Waals surface area contributed by atoms with E-state index in [0.29, 0.717) is 0 Å². The molecule has 0 amide bonds. The van der Waals surface area contributed by atoms with E-state index in [4.69, 9.17) is 17.4 Å². The third-order valence-electron chi connectivity index (χ3n) is 2.77. The molecule has 2 rings (SSSR count). The van der Waals surface area contributed by atoms with Crippen LogP contribution in [0.25, 0.3) is 0 Å². The van der Waals surface area contributed by atoms with Gasteiger partial charge < -0.3 is 0 Å². The third kappa shape index (κ3) is 3.33. The second-order valence-electron chi connectivity index (χ2n) is 4.15. The number of hydrogen-bond acceptors (Lipinski definition) is 3. The van der Waals surface area contributed by atoms with Gasteiger partial charge >= 0.3 is 0 Å². The molecule has 0 aliphatic rings. The number of rotatable bonds is 4. The second-order valence-corrected chi connectivity index (χ2v) is 7.11. The summed E-state index contributed by atoms with van der Waals surface area (Å²) in [5.74, 6) is 5.65. The Morgan fingerprint density at radius 1 is 1.39 bits per heavy atom. The number of hydrazine groups is 1. The van der Waals surface area contributed by atoms with Crippen LogP contribution >= 0.6 is 38.9 Å². The minimum Gasteiger partial charge on any atom is -0.271 e. The summed E-state index contributed by atoms with van der Waals surface area (Å²) in [5.41, 5.74) is 5.03. The monoisotopic (exact) mass is 344 g/mol. The average molecular weight is 346 g/mol. The lowest BCUT2D eigenvalue weighted by Gasteiger charge is -2.17. The smallest absolute Gasteiger partial charge is 0.0701 e. The normalized spacial score (nSPS) is 12.7. The minimum absolute atomic E-state index is 0.0312. The van der Waals surface area contributed by atoms with Crippen LogP contribution in [0.4, 0.5) is 0 Å². The molecule has 96 valence electrons. The number of thiophene rings is 1. The van der Waals surface area contributed by atoms with Crippen molar-refractivity contribution in [2.24, 2.45) is 5.84 Å². The number of aryl methyl sites for hydroxylation is 1. The summed E-state index contributed by atoms with van der Waals surface area (Å²) in [4.78, 5) is 1.27. The maximum absolute atomic E-state index is 6.27. The summed E-state index contributed by atoms with van der Waals surface area (Å²) >= 11 is 11.5. The zero-order valence-corrected chi connectivity index (χ0v) is 13.1. The number of nitrogens with two attached hydrogens (primary N) is 1. The van der Waals surface area contributed by atoms with Gasteiger partial charge in [-0.3, -0.25) is 11.3 Å². The molecule has 0 radical (unpaired) electrons. The largest absolute Gasteiger partial charge is 0.271 e. The maximum Gasteiger partial charge on any atom is 0.0701 e. The van der Waals surface area contributed by atoms with Crippen LogP contribution in [0.1, 0.15) is 22.0 Å². The molecular weight excluding hydrogens is 332 g/mol. The highest BCUT2D eigenvalue weighted by Crippen LogP contribution is 2.30. The predicted octanol–water partition coefficient (Wildman–Crippen LogP) is 4.22. The molecule has 3 N–H and O–H groups in total. The molecule has 1 unspecified atom stereocenters. The molecule has 0 spiro atoms. The molecule has 2 nitrogen and oxygen atoms in total. The Hall–Kier alpha value is -0.390. The highest BCUT2D eigenvalue weighted by atomic mass is 79.9. The van der Waals surface area contributed by atoms with Crippen LogP contribution in [0.2, 0.25) is 5.02 Å². The first-order chi connectivity index (χ1) is 8.60. The zero-order chi connectivity index (χ0) is 13.1. The number of nitrogens with one attached hydrogen (secondary N) is 1. The van der Waals surface area contributed by atoms with E-state index in [1.807, 2.05) is 25.1 Å². The fourth-order valence-corrected chi connectivity index (χ4v) is 3.73.